The molecular formula is C32H38N3O5Si+. The number of nitrogens with one attached hydrogen (secondary N) is 1. The number of esters is 1. The predicted octanol–water partition coefficient (Wildman–Crippen LogP) is 3.13. The first-order valence-electron chi connectivity index (χ1n) is 14.2. The number of H-pyrrole nitrogens is 1. The summed E-state index contributed by atoms with van der Waals surface area (Å²) in [5.74, 6) is -0.0791. The van der Waals surface area contributed by atoms with Gasteiger partial charge in [0.1, 0.15) is 23.4 Å². The maximum atomic E-state index is 12.7. The number of carbonyl (C=O) groups is 1. The standard InChI is InChI=1S/C32H37N3O5Si/c1-22(36)38-18-16-23-19-31(20-26(31)35-17-15-28(33)34-29(35)37)40-32(23)21-27(32)39-41(30(2,3)4,24-11-7-5-8-12-24)25-13-9-6-10-14-25/h5-18,23,26-27H,19-21H2,1-4H3,(H2,33,34,37)/p+1/t23?,26?,27-,31-,32+/m0/s1. The van der Waals surface area contributed by atoms with E-state index in [-0.39, 0.29) is 34.8 Å². The first-order chi connectivity index (χ1) is 19.5. The summed E-state index contributed by atoms with van der Waals surface area (Å²) in [7, 11) is -2.81. The average Bonchev–Trinajstić information content (AvgIpc) is 3.78. The number of ether oxygens (including phenoxy) is 2. The fourth-order valence-electron chi connectivity index (χ4n) is 6.93. The summed E-state index contributed by atoms with van der Waals surface area (Å²) in [6.07, 6.45) is 7.15. The van der Waals surface area contributed by atoms with E-state index in [1.807, 2.05) is 18.2 Å². The van der Waals surface area contributed by atoms with Crippen molar-refractivity contribution >= 4 is 30.5 Å². The Labute approximate surface area is 241 Å². The molecule has 3 fully saturated rings. The van der Waals surface area contributed by atoms with Crippen LogP contribution in [0.3, 0.4) is 0 Å². The third-order valence-corrected chi connectivity index (χ3v) is 14.0. The molecular weight excluding hydrogens is 534 g/mol. The highest BCUT2D eigenvalue weighted by Crippen LogP contribution is 2.68. The average molecular weight is 573 g/mol. The molecule has 3 N–H and O–H groups in total. The number of anilines is 1. The normalized spacial score (nSPS) is 28.8. The molecule has 0 radical (unpaired) electrons. The molecule has 2 spiro atoms. The lowest BCUT2D eigenvalue weighted by molar-refractivity contribution is -0.723. The van der Waals surface area contributed by atoms with Gasteiger partial charge in [0, 0.05) is 31.7 Å². The Hall–Kier alpha value is -3.53. The Morgan fingerprint density at radius 3 is 2.24 bits per heavy atom. The molecule has 2 unspecified atom stereocenters. The molecule has 5 atom stereocenters. The van der Waals surface area contributed by atoms with Crippen LogP contribution < -0.4 is 26.4 Å². The van der Waals surface area contributed by atoms with Crippen molar-refractivity contribution in [3.63, 3.8) is 0 Å². The van der Waals surface area contributed by atoms with Gasteiger partial charge in [-0.25, -0.2) is 0 Å². The quantitative estimate of drug-likeness (QED) is 0.195. The van der Waals surface area contributed by atoms with Crippen LogP contribution in [-0.2, 0) is 18.7 Å². The summed E-state index contributed by atoms with van der Waals surface area (Å²) < 4.78 is 21.4. The van der Waals surface area contributed by atoms with E-state index < -0.39 is 19.5 Å². The number of hydrogen-bond donors (Lipinski definition) is 2. The third kappa shape index (κ3) is 4.66. The number of nitrogens with two attached hydrogens (primary N) is 1. The van der Waals surface area contributed by atoms with E-state index in [0.717, 1.165) is 12.8 Å². The zero-order valence-electron chi connectivity index (χ0n) is 24.0. The van der Waals surface area contributed by atoms with Crippen LogP contribution in [0.4, 0.5) is 5.82 Å². The highest BCUT2D eigenvalue weighted by atomic mass is 28.4. The summed E-state index contributed by atoms with van der Waals surface area (Å²) in [5, 5.41) is 2.26. The topological polar surface area (TPSA) is 108 Å². The van der Waals surface area contributed by atoms with Crippen molar-refractivity contribution in [2.45, 2.75) is 75.3 Å². The summed E-state index contributed by atoms with van der Waals surface area (Å²) in [5.41, 5.74) is 4.47. The van der Waals surface area contributed by atoms with Gasteiger partial charge in [0.15, 0.2) is 5.82 Å². The summed E-state index contributed by atoms with van der Waals surface area (Å²) in [4.78, 5) is 27.0. The SMILES string of the molecule is CC(=O)OC=CC1C[C@@]2(CC2[n+]2ccc(N)[nH]c2=O)O[C@]12C[C@@H]2O[Si](c1ccccc1)(c1ccccc1)C(C)(C)C. The van der Waals surface area contributed by atoms with Crippen molar-refractivity contribution in [1.29, 1.82) is 0 Å². The van der Waals surface area contributed by atoms with Crippen LogP contribution in [0.1, 0.15) is 53.0 Å². The number of benzene rings is 2. The van der Waals surface area contributed by atoms with Gasteiger partial charge in [-0.2, -0.15) is 14.3 Å². The van der Waals surface area contributed by atoms with E-state index in [2.05, 4.69) is 74.3 Å². The van der Waals surface area contributed by atoms with Crippen molar-refractivity contribution in [3.05, 3.63) is 95.7 Å². The summed E-state index contributed by atoms with van der Waals surface area (Å²) >= 11 is 0. The first kappa shape index (κ1) is 27.6. The fourth-order valence-corrected chi connectivity index (χ4v) is 11.7. The van der Waals surface area contributed by atoms with Crippen LogP contribution in [0.15, 0.2) is 90.1 Å². The fraction of sp³-hybridized carbons (Fsp3) is 0.406. The van der Waals surface area contributed by atoms with Gasteiger partial charge in [-0.05, 0) is 27.9 Å². The van der Waals surface area contributed by atoms with E-state index in [1.54, 1.807) is 16.8 Å². The van der Waals surface area contributed by atoms with Gasteiger partial charge in [0.25, 0.3) is 8.32 Å². The van der Waals surface area contributed by atoms with Crippen molar-refractivity contribution < 1.29 is 23.3 Å². The number of aromatic nitrogens is 2. The molecule has 1 saturated heterocycles. The Morgan fingerprint density at radius 2 is 1.68 bits per heavy atom. The van der Waals surface area contributed by atoms with Gasteiger partial charge in [0.2, 0.25) is 0 Å². The van der Waals surface area contributed by atoms with Gasteiger partial charge >= 0.3 is 11.7 Å². The lowest BCUT2D eigenvalue weighted by Crippen LogP contribution is -2.67. The van der Waals surface area contributed by atoms with Crippen LogP contribution in [-0.4, -0.2) is 36.6 Å². The van der Waals surface area contributed by atoms with Gasteiger partial charge in [-0.3, -0.25) is 4.79 Å². The van der Waals surface area contributed by atoms with Crippen molar-refractivity contribution in [3.8, 4) is 0 Å². The zero-order chi connectivity index (χ0) is 29.0. The van der Waals surface area contributed by atoms with Crippen LogP contribution >= 0.6 is 0 Å². The largest absolute Gasteiger partial charge is 0.497 e. The van der Waals surface area contributed by atoms with Crippen LogP contribution in [0.25, 0.3) is 0 Å². The van der Waals surface area contributed by atoms with Gasteiger partial charge in [-0.1, -0.05) is 81.4 Å². The highest BCUT2D eigenvalue weighted by molar-refractivity contribution is 6.99. The van der Waals surface area contributed by atoms with Crippen molar-refractivity contribution in [2.75, 3.05) is 5.73 Å². The smallest absolute Gasteiger partial charge is 0.435 e. The van der Waals surface area contributed by atoms with Gasteiger partial charge in [0.05, 0.1) is 12.4 Å². The number of nitrogens with zero attached hydrogens (tertiary/aromatic N) is 1. The second-order valence-electron chi connectivity index (χ2n) is 12.7. The monoisotopic (exact) mass is 572 g/mol. The number of rotatable bonds is 7. The molecule has 41 heavy (non-hydrogen) atoms. The van der Waals surface area contributed by atoms with Gasteiger partial charge < -0.3 is 19.6 Å². The van der Waals surface area contributed by atoms with Crippen LogP contribution in [0.2, 0.25) is 5.04 Å². The molecule has 2 heterocycles. The molecule has 1 aromatic heterocycles. The summed E-state index contributed by atoms with van der Waals surface area (Å²) in [6.45, 7) is 8.19. The Kier molecular flexibility index (Phi) is 6.59. The van der Waals surface area contributed by atoms with Gasteiger partial charge in [-0.15, -0.1) is 0 Å². The predicted molar refractivity (Wildman–Crippen MR) is 158 cm³/mol. The van der Waals surface area contributed by atoms with E-state index in [1.165, 1.54) is 23.6 Å². The van der Waals surface area contributed by atoms with E-state index in [4.69, 9.17) is 19.6 Å². The molecule has 2 aromatic carbocycles. The minimum absolute atomic E-state index is 0.0384. The molecule has 2 aliphatic carbocycles. The number of aromatic amines is 1. The molecule has 8 nitrogen and oxygen atoms in total. The number of carbonyl (C=O) groups excluding carboxylic acids is 1. The van der Waals surface area contributed by atoms with Crippen molar-refractivity contribution in [1.82, 2.24) is 4.98 Å². The molecule has 9 heteroatoms. The maximum Gasteiger partial charge on any atom is 0.497 e. The minimum atomic E-state index is -2.81. The molecule has 3 aliphatic rings. The van der Waals surface area contributed by atoms with Crippen LogP contribution in [0.5, 0.6) is 0 Å². The second kappa shape index (κ2) is 9.79. The molecule has 1 aliphatic heterocycles. The second-order valence-corrected chi connectivity index (χ2v) is 16.9. The Balaban J connectivity index is 1.37. The molecule has 0 amide bonds. The lowest BCUT2D eigenvalue weighted by Gasteiger charge is -2.43. The minimum Gasteiger partial charge on any atom is -0.435 e. The third-order valence-electron chi connectivity index (χ3n) is 8.98. The molecule has 0 bridgehead atoms. The maximum absolute atomic E-state index is 12.7. The van der Waals surface area contributed by atoms with Crippen LogP contribution in [0, 0.1) is 5.92 Å². The molecule has 6 rings (SSSR count). The van der Waals surface area contributed by atoms with E-state index in [9.17, 15) is 9.59 Å². The Morgan fingerprint density at radius 1 is 1.05 bits per heavy atom. The molecule has 2 saturated carbocycles. The number of hydrogen-bond acceptors (Lipinski definition) is 6. The van der Waals surface area contributed by atoms with E-state index >= 15 is 0 Å². The number of nitrogen functional groups attached to an aromatic ring is 1. The first-order valence-corrected chi connectivity index (χ1v) is 16.1. The molecule has 214 valence electrons. The zero-order valence-corrected chi connectivity index (χ0v) is 25.0. The molecule has 3 aromatic rings. The lowest BCUT2D eigenvalue weighted by atomic mass is 9.96. The van der Waals surface area contributed by atoms with E-state index in [0.29, 0.717) is 12.2 Å². The van der Waals surface area contributed by atoms with Crippen molar-refractivity contribution in [2.24, 2.45) is 5.92 Å². The Bertz CT molecular complexity index is 1500. The highest BCUT2D eigenvalue weighted by Gasteiger charge is 2.78. The summed E-state index contributed by atoms with van der Waals surface area (Å²) in [6, 6.07) is 22.8.